The van der Waals surface area contributed by atoms with Crippen LogP contribution in [0.5, 0.6) is 0 Å². The van der Waals surface area contributed by atoms with Gasteiger partial charge in [-0.3, -0.25) is 19.9 Å². The molecule has 1 aromatic rings. The standard InChI is InChI=1S/C11H11BrN2O2/c12-5-8-2-1-7(6-13-8)9-3-4-10(15)14-11(9)16/h1-2,6,9H,3-5H2,(H,14,15,16). The van der Waals surface area contributed by atoms with Crippen molar-refractivity contribution in [2.45, 2.75) is 24.1 Å². The predicted molar refractivity (Wildman–Crippen MR) is 62.0 cm³/mol. The summed E-state index contributed by atoms with van der Waals surface area (Å²) < 4.78 is 0. The highest BCUT2D eigenvalue weighted by Crippen LogP contribution is 2.24. The molecule has 2 heterocycles. The Morgan fingerprint density at radius 3 is 2.81 bits per heavy atom. The minimum absolute atomic E-state index is 0.189. The second-order valence-corrected chi connectivity index (χ2v) is 4.28. The van der Waals surface area contributed by atoms with Gasteiger partial charge in [0.2, 0.25) is 11.8 Å². The Hall–Kier alpha value is -1.23. The van der Waals surface area contributed by atoms with Crippen molar-refractivity contribution in [1.82, 2.24) is 10.3 Å². The Morgan fingerprint density at radius 2 is 2.25 bits per heavy atom. The van der Waals surface area contributed by atoms with Crippen LogP contribution in [0.1, 0.15) is 30.0 Å². The summed E-state index contributed by atoms with van der Waals surface area (Å²) in [5.74, 6) is -0.648. The van der Waals surface area contributed by atoms with Crippen molar-refractivity contribution >= 4 is 27.7 Å². The number of imide groups is 1. The number of hydrogen-bond donors (Lipinski definition) is 1. The molecule has 0 radical (unpaired) electrons. The van der Waals surface area contributed by atoms with Crippen LogP contribution in [-0.2, 0) is 14.9 Å². The van der Waals surface area contributed by atoms with Gasteiger partial charge in [-0.1, -0.05) is 22.0 Å². The van der Waals surface area contributed by atoms with E-state index < -0.39 is 0 Å². The maximum atomic E-state index is 11.6. The van der Waals surface area contributed by atoms with E-state index in [9.17, 15) is 9.59 Å². The minimum atomic E-state index is -0.241. The number of nitrogens with one attached hydrogen (secondary N) is 1. The third-order valence-corrected chi connectivity index (χ3v) is 3.20. The van der Waals surface area contributed by atoms with Crippen LogP contribution in [0.15, 0.2) is 18.3 Å². The maximum Gasteiger partial charge on any atom is 0.234 e. The van der Waals surface area contributed by atoms with Crippen molar-refractivity contribution in [3.63, 3.8) is 0 Å². The fraction of sp³-hybridized carbons (Fsp3) is 0.364. The number of nitrogens with zero attached hydrogens (tertiary/aromatic N) is 1. The number of carbonyl (C=O) groups is 2. The second-order valence-electron chi connectivity index (χ2n) is 3.72. The topological polar surface area (TPSA) is 59.1 Å². The first-order chi connectivity index (χ1) is 7.70. The molecule has 1 saturated heterocycles. The number of hydrogen-bond acceptors (Lipinski definition) is 3. The van der Waals surface area contributed by atoms with Crippen molar-refractivity contribution in [2.75, 3.05) is 0 Å². The first-order valence-electron chi connectivity index (χ1n) is 5.05. The normalized spacial score (nSPS) is 20.7. The van der Waals surface area contributed by atoms with Gasteiger partial charge in [-0.05, 0) is 18.1 Å². The van der Waals surface area contributed by atoms with Gasteiger partial charge in [0, 0.05) is 17.9 Å². The monoisotopic (exact) mass is 282 g/mol. The lowest BCUT2D eigenvalue weighted by Crippen LogP contribution is -2.39. The van der Waals surface area contributed by atoms with Crippen LogP contribution in [-0.4, -0.2) is 16.8 Å². The average molecular weight is 283 g/mol. The number of halogens is 1. The lowest BCUT2D eigenvalue weighted by molar-refractivity contribution is -0.134. The van der Waals surface area contributed by atoms with E-state index in [2.05, 4.69) is 26.2 Å². The Labute approximate surface area is 102 Å². The smallest absolute Gasteiger partial charge is 0.234 e. The molecular weight excluding hydrogens is 272 g/mol. The van der Waals surface area contributed by atoms with Crippen molar-refractivity contribution < 1.29 is 9.59 Å². The number of rotatable bonds is 2. The zero-order chi connectivity index (χ0) is 11.5. The average Bonchev–Trinajstić information content (AvgIpc) is 2.29. The number of amides is 2. The van der Waals surface area contributed by atoms with Crippen molar-refractivity contribution in [3.8, 4) is 0 Å². The molecule has 1 fully saturated rings. The molecule has 1 N–H and O–H groups in total. The fourth-order valence-electron chi connectivity index (χ4n) is 1.73. The van der Waals surface area contributed by atoms with Crippen LogP contribution in [0.2, 0.25) is 0 Å². The molecule has 0 aromatic carbocycles. The third kappa shape index (κ3) is 2.29. The summed E-state index contributed by atoms with van der Waals surface area (Å²) in [6, 6.07) is 3.78. The van der Waals surface area contributed by atoms with Gasteiger partial charge in [0.25, 0.3) is 0 Å². The molecule has 16 heavy (non-hydrogen) atoms. The van der Waals surface area contributed by atoms with E-state index in [1.54, 1.807) is 6.20 Å². The largest absolute Gasteiger partial charge is 0.296 e. The van der Waals surface area contributed by atoms with Crippen molar-refractivity contribution in [2.24, 2.45) is 0 Å². The summed E-state index contributed by atoms with van der Waals surface area (Å²) in [4.78, 5) is 26.8. The lowest BCUT2D eigenvalue weighted by Gasteiger charge is -2.20. The molecule has 0 spiro atoms. The summed E-state index contributed by atoms with van der Waals surface area (Å²) in [6.07, 6.45) is 2.67. The van der Waals surface area contributed by atoms with E-state index >= 15 is 0 Å². The highest BCUT2D eigenvalue weighted by molar-refractivity contribution is 9.08. The van der Waals surface area contributed by atoms with E-state index in [0.29, 0.717) is 18.2 Å². The van der Waals surface area contributed by atoms with Crippen molar-refractivity contribution in [3.05, 3.63) is 29.6 Å². The Kier molecular flexibility index (Phi) is 3.33. The molecule has 0 bridgehead atoms. The molecule has 2 rings (SSSR count). The molecule has 0 aliphatic carbocycles. The Bertz CT molecular complexity index is 416. The van der Waals surface area contributed by atoms with Gasteiger partial charge in [0.05, 0.1) is 11.6 Å². The molecule has 1 unspecified atom stereocenters. The third-order valence-electron chi connectivity index (χ3n) is 2.63. The summed E-state index contributed by atoms with van der Waals surface area (Å²) in [5, 5.41) is 3.04. The summed E-state index contributed by atoms with van der Waals surface area (Å²) in [6.45, 7) is 0. The van der Waals surface area contributed by atoms with Gasteiger partial charge in [0.1, 0.15) is 0 Å². The molecule has 0 saturated carbocycles. The molecule has 5 heteroatoms. The molecule has 1 aliphatic heterocycles. The van der Waals surface area contributed by atoms with E-state index in [1.807, 2.05) is 12.1 Å². The van der Waals surface area contributed by atoms with Crippen LogP contribution in [0.4, 0.5) is 0 Å². The first-order valence-corrected chi connectivity index (χ1v) is 6.17. The van der Waals surface area contributed by atoms with E-state index in [-0.39, 0.29) is 17.7 Å². The number of carbonyl (C=O) groups excluding carboxylic acids is 2. The number of pyridine rings is 1. The van der Waals surface area contributed by atoms with Crippen molar-refractivity contribution in [1.29, 1.82) is 0 Å². The zero-order valence-electron chi connectivity index (χ0n) is 8.57. The highest BCUT2D eigenvalue weighted by Gasteiger charge is 2.27. The summed E-state index contributed by atoms with van der Waals surface area (Å²) >= 11 is 3.31. The van der Waals surface area contributed by atoms with Crippen LogP contribution in [0.25, 0.3) is 0 Å². The predicted octanol–water partition coefficient (Wildman–Crippen LogP) is 1.50. The quantitative estimate of drug-likeness (QED) is 0.661. The molecule has 4 nitrogen and oxygen atoms in total. The maximum absolute atomic E-state index is 11.6. The Morgan fingerprint density at radius 1 is 1.44 bits per heavy atom. The van der Waals surface area contributed by atoms with Crippen LogP contribution in [0, 0.1) is 0 Å². The van der Waals surface area contributed by atoms with E-state index in [4.69, 9.17) is 0 Å². The van der Waals surface area contributed by atoms with Gasteiger partial charge in [0.15, 0.2) is 0 Å². The highest BCUT2D eigenvalue weighted by atomic mass is 79.9. The first kappa shape index (κ1) is 11.3. The summed E-state index contributed by atoms with van der Waals surface area (Å²) in [5.41, 5.74) is 1.80. The summed E-state index contributed by atoms with van der Waals surface area (Å²) in [7, 11) is 0. The number of alkyl halides is 1. The molecule has 2 amide bonds. The molecule has 1 atom stereocenters. The van der Waals surface area contributed by atoms with Crippen LogP contribution < -0.4 is 5.32 Å². The van der Waals surface area contributed by atoms with Gasteiger partial charge >= 0.3 is 0 Å². The van der Waals surface area contributed by atoms with Crippen LogP contribution in [0.3, 0.4) is 0 Å². The minimum Gasteiger partial charge on any atom is -0.296 e. The molecular formula is C11H11BrN2O2. The van der Waals surface area contributed by atoms with Crippen LogP contribution >= 0.6 is 15.9 Å². The molecule has 84 valence electrons. The van der Waals surface area contributed by atoms with Gasteiger partial charge in [-0.15, -0.1) is 0 Å². The Balaban J connectivity index is 2.17. The fourth-order valence-corrected chi connectivity index (χ4v) is 2.06. The number of piperidine rings is 1. The molecule has 1 aliphatic rings. The van der Waals surface area contributed by atoms with Gasteiger partial charge in [-0.25, -0.2) is 0 Å². The number of aromatic nitrogens is 1. The van der Waals surface area contributed by atoms with Gasteiger partial charge < -0.3 is 0 Å². The SMILES string of the molecule is O=C1CCC(c2ccc(CBr)nc2)C(=O)N1. The molecule has 1 aromatic heterocycles. The zero-order valence-corrected chi connectivity index (χ0v) is 10.2. The second kappa shape index (κ2) is 4.74. The van der Waals surface area contributed by atoms with E-state index in [1.165, 1.54) is 0 Å². The van der Waals surface area contributed by atoms with E-state index in [0.717, 1.165) is 11.3 Å². The van der Waals surface area contributed by atoms with Gasteiger partial charge in [-0.2, -0.15) is 0 Å². The lowest BCUT2D eigenvalue weighted by atomic mass is 9.91.